The van der Waals surface area contributed by atoms with Crippen LogP contribution in [-0.2, 0) is 19.6 Å². The van der Waals surface area contributed by atoms with Crippen LogP contribution in [0.25, 0.3) is 0 Å². The van der Waals surface area contributed by atoms with Gasteiger partial charge in [-0.2, -0.15) is 0 Å². The third-order valence-corrected chi connectivity index (χ3v) is 2.14. The van der Waals surface area contributed by atoms with Gasteiger partial charge in [0.15, 0.2) is 0 Å². The molecule has 0 N–H and O–H groups in total. The van der Waals surface area contributed by atoms with Crippen molar-refractivity contribution in [2.45, 2.75) is 19.3 Å². The van der Waals surface area contributed by atoms with E-state index in [4.69, 9.17) is 4.74 Å². The van der Waals surface area contributed by atoms with E-state index in [9.17, 15) is 13.0 Å². The molecule has 0 saturated heterocycles. The Morgan fingerprint density at radius 2 is 1.92 bits per heavy atom. The van der Waals surface area contributed by atoms with Crippen molar-refractivity contribution in [2.24, 2.45) is 0 Å². The van der Waals surface area contributed by atoms with Crippen LogP contribution in [0.2, 0.25) is 0 Å². The van der Waals surface area contributed by atoms with Crippen LogP contribution in [0.4, 0.5) is 0 Å². The zero-order chi connectivity index (χ0) is 9.61. The SMILES string of the molecule is CCOCCOC(C)S(=O)(=O)[O-].[Na+]. The summed E-state index contributed by atoms with van der Waals surface area (Å²) in [7, 11) is -4.32. The first kappa shape index (κ1) is 16.3. The first-order chi connectivity index (χ1) is 5.48. The second-order valence-corrected chi connectivity index (χ2v) is 3.78. The molecule has 0 aliphatic carbocycles. The molecule has 0 aromatic rings. The van der Waals surface area contributed by atoms with Crippen LogP contribution < -0.4 is 29.6 Å². The zero-order valence-corrected chi connectivity index (χ0v) is 11.0. The number of rotatable bonds is 6. The maximum absolute atomic E-state index is 10.3. The summed E-state index contributed by atoms with van der Waals surface area (Å²) in [6.07, 6.45) is 0. The van der Waals surface area contributed by atoms with E-state index < -0.39 is 15.6 Å². The second-order valence-electron chi connectivity index (χ2n) is 2.13. The van der Waals surface area contributed by atoms with Gasteiger partial charge >= 0.3 is 29.6 Å². The Kier molecular flexibility index (Phi) is 10.2. The Morgan fingerprint density at radius 1 is 1.38 bits per heavy atom. The first-order valence-corrected chi connectivity index (χ1v) is 5.09. The summed E-state index contributed by atoms with van der Waals surface area (Å²) in [5.74, 6) is 0. The van der Waals surface area contributed by atoms with Crippen LogP contribution >= 0.6 is 0 Å². The van der Waals surface area contributed by atoms with Crippen molar-refractivity contribution >= 4 is 10.1 Å². The van der Waals surface area contributed by atoms with Gasteiger partial charge < -0.3 is 14.0 Å². The number of ether oxygens (including phenoxy) is 2. The molecular formula is C6H13NaO5S. The molecule has 0 fully saturated rings. The zero-order valence-electron chi connectivity index (χ0n) is 8.15. The molecule has 0 aliphatic heterocycles. The van der Waals surface area contributed by atoms with E-state index in [1.165, 1.54) is 6.92 Å². The topological polar surface area (TPSA) is 75.7 Å². The summed E-state index contributed by atoms with van der Waals surface area (Å²) < 4.78 is 40.4. The minimum Gasteiger partial charge on any atom is -0.746 e. The van der Waals surface area contributed by atoms with Crippen LogP contribution in [0.1, 0.15) is 13.8 Å². The fraction of sp³-hybridized carbons (Fsp3) is 1.00. The molecule has 0 spiro atoms. The maximum atomic E-state index is 10.3. The quantitative estimate of drug-likeness (QED) is 0.270. The third kappa shape index (κ3) is 9.14. The molecule has 0 amide bonds. The molecular weight excluding hydrogens is 207 g/mol. The van der Waals surface area contributed by atoms with Crippen molar-refractivity contribution in [2.75, 3.05) is 19.8 Å². The summed E-state index contributed by atoms with van der Waals surface area (Å²) in [4.78, 5) is 0. The van der Waals surface area contributed by atoms with E-state index in [0.29, 0.717) is 13.2 Å². The smallest absolute Gasteiger partial charge is 0.746 e. The van der Waals surface area contributed by atoms with Crippen molar-refractivity contribution in [3.63, 3.8) is 0 Å². The van der Waals surface area contributed by atoms with E-state index in [2.05, 4.69) is 4.74 Å². The van der Waals surface area contributed by atoms with Gasteiger partial charge in [0.05, 0.1) is 13.2 Å². The van der Waals surface area contributed by atoms with Gasteiger partial charge in [-0.15, -0.1) is 0 Å². The van der Waals surface area contributed by atoms with E-state index in [1.807, 2.05) is 6.92 Å². The van der Waals surface area contributed by atoms with Gasteiger partial charge in [0.1, 0.15) is 15.6 Å². The minimum atomic E-state index is -4.32. The first-order valence-electron chi connectivity index (χ1n) is 3.62. The summed E-state index contributed by atoms with van der Waals surface area (Å²) >= 11 is 0. The van der Waals surface area contributed by atoms with E-state index in [0.717, 1.165) is 0 Å². The Balaban J connectivity index is 0. The van der Waals surface area contributed by atoms with Crippen molar-refractivity contribution in [3.05, 3.63) is 0 Å². The fourth-order valence-electron chi connectivity index (χ4n) is 0.501. The molecule has 0 aromatic carbocycles. The molecule has 74 valence electrons. The average Bonchev–Trinajstić information content (AvgIpc) is 1.96. The van der Waals surface area contributed by atoms with Crippen LogP contribution in [0.15, 0.2) is 0 Å². The Hall–Kier alpha value is 0.830. The third-order valence-electron chi connectivity index (χ3n) is 1.19. The van der Waals surface area contributed by atoms with Crippen LogP contribution in [0.3, 0.4) is 0 Å². The van der Waals surface area contributed by atoms with Crippen molar-refractivity contribution in [1.29, 1.82) is 0 Å². The molecule has 1 atom stereocenters. The predicted octanol–water partition coefficient (Wildman–Crippen LogP) is -3.07. The summed E-state index contributed by atoms with van der Waals surface area (Å²) in [6.45, 7) is 3.98. The van der Waals surface area contributed by atoms with Gasteiger partial charge in [0.25, 0.3) is 0 Å². The van der Waals surface area contributed by atoms with Gasteiger partial charge in [0.2, 0.25) is 0 Å². The molecule has 0 rings (SSSR count). The Bertz CT molecular complexity index is 203. The molecule has 13 heavy (non-hydrogen) atoms. The maximum Gasteiger partial charge on any atom is 1.00 e. The van der Waals surface area contributed by atoms with E-state index in [1.54, 1.807) is 0 Å². The van der Waals surface area contributed by atoms with Gasteiger partial charge in [-0.1, -0.05) is 0 Å². The largest absolute Gasteiger partial charge is 1.00 e. The normalized spacial score (nSPS) is 13.5. The van der Waals surface area contributed by atoms with Gasteiger partial charge in [-0.05, 0) is 13.8 Å². The summed E-state index contributed by atoms with van der Waals surface area (Å²) in [5.41, 5.74) is -1.29. The molecule has 7 heteroatoms. The molecule has 0 bridgehead atoms. The van der Waals surface area contributed by atoms with Crippen molar-refractivity contribution in [1.82, 2.24) is 0 Å². The summed E-state index contributed by atoms with van der Waals surface area (Å²) in [6, 6.07) is 0. The van der Waals surface area contributed by atoms with Gasteiger partial charge in [0, 0.05) is 6.61 Å². The predicted molar refractivity (Wildman–Crippen MR) is 41.6 cm³/mol. The van der Waals surface area contributed by atoms with E-state index >= 15 is 0 Å². The monoisotopic (exact) mass is 220 g/mol. The van der Waals surface area contributed by atoms with Gasteiger partial charge in [-0.25, -0.2) is 8.42 Å². The molecule has 5 nitrogen and oxygen atoms in total. The average molecular weight is 220 g/mol. The van der Waals surface area contributed by atoms with Crippen molar-refractivity contribution < 1.29 is 52.0 Å². The molecule has 0 saturated carbocycles. The summed E-state index contributed by atoms with van der Waals surface area (Å²) in [5, 5.41) is 0. The van der Waals surface area contributed by atoms with E-state index in [-0.39, 0.29) is 36.2 Å². The van der Waals surface area contributed by atoms with Crippen LogP contribution in [0, 0.1) is 0 Å². The Labute approximate surface area is 101 Å². The standard InChI is InChI=1S/C6H14O5S.Na/c1-3-10-4-5-11-6(2)12(7,8)9;/h6H,3-5H2,1-2H3,(H,7,8,9);/q;+1/p-1. The molecule has 0 heterocycles. The molecule has 0 radical (unpaired) electrons. The number of hydrogen-bond donors (Lipinski definition) is 0. The molecule has 1 unspecified atom stereocenters. The van der Waals surface area contributed by atoms with Crippen LogP contribution in [0.5, 0.6) is 0 Å². The number of hydrogen-bond acceptors (Lipinski definition) is 5. The van der Waals surface area contributed by atoms with Gasteiger partial charge in [-0.3, -0.25) is 0 Å². The minimum absolute atomic E-state index is 0. The van der Waals surface area contributed by atoms with Crippen LogP contribution in [-0.4, -0.2) is 38.2 Å². The second kappa shape index (κ2) is 8.16. The molecule has 0 aromatic heterocycles. The van der Waals surface area contributed by atoms with Crippen molar-refractivity contribution in [3.8, 4) is 0 Å². The molecule has 0 aliphatic rings. The Morgan fingerprint density at radius 3 is 2.31 bits per heavy atom. The fourth-order valence-corrected chi connectivity index (χ4v) is 0.764.